The Morgan fingerprint density at radius 1 is 1.45 bits per heavy atom. The summed E-state index contributed by atoms with van der Waals surface area (Å²) in [6.07, 6.45) is 0.325. The summed E-state index contributed by atoms with van der Waals surface area (Å²) in [4.78, 5) is 25.1. The maximum absolute atomic E-state index is 12.1. The Morgan fingerprint density at radius 3 is 2.91 bits per heavy atom. The van der Waals surface area contributed by atoms with Gasteiger partial charge in [0.2, 0.25) is 11.8 Å². The number of hydrogen-bond acceptors (Lipinski definition) is 4. The van der Waals surface area contributed by atoms with Crippen LogP contribution in [0.1, 0.15) is 23.7 Å². The van der Waals surface area contributed by atoms with E-state index >= 15 is 0 Å². The minimum Gasteiger partial charge on any atom is -0.493 e. The number of hydrogen-bond donors (Lipinski definition) is 2. The first-order valence-electron chi connectivity index (χ1n) is 7.11. The number of primary amides is 1. The smallest absolute Gasteiger partial charge is 0.248 e. The molecule has 1 saturated heterocycles. The Kier molecular flexibility index (Phi) is 7.14. The summed E-state index contributed by atoms with van der Waals surface area (Å²) in [5.41, 5.74) is 5.61. The second kappa shape index (κ2) is 8.60. The number of ether oxygens (including phenoxy) is 1. The molecule has 3 N–H and O–H groups in total. The number of carbonyl (C=O) groups excluding carboxylic acids is 2. The van der Waals surface area contributed by atoms with Gasteiger partial charge in [-0.2, -0.15) is 0 Å². The fourth-order valence-corrected chi connectivity index (χ4v) is 2.35. The Hall–Kier alpha value is -1.79. The van der Waals surface area contributed by atoms with Crippen molar-refractivity contribution in [3.63, 3.8) is 0 Å². The van der Waals surface area contributed by atoms with E-state index in [4.69, 9.17) is 10.5 Å². The molecule has 1 fully saturated rings. The zero-order chi connectivity index (χ0) is 15.2. The zero-order valence-electron chi connectivity index (χ0n) is 12.6. The van der Waals surface area contributed by atoms with Crippen LogP contribution in [0.15, 0.2) is 24.3 Å². The van der Waals surface area contributed by atoms with Crippen LogP contribution in [0.3, 0.4) is 0 Å². The van der Waals surface area contributed by atoms with E-state index in [0.29, 0.717) is 17.7 Å². The Labute approximate surface area is 136 Å². The van der Waals surface area contributed by atoms with Gasteiger partial charge >= 0.3 is 0 Å². The molecular formula is C15H22ClN3O3. The maximum atomic E-state index is 12.1. The third-order valence-electron chi connectivity index (χ3n) is 3.52. The molecular weight excluding hydrogens is 306 g/mol. The van der Waals surface area contributed by atoms with Crippen molar-refractivity contribution in [1.82, 2.24) is 10.2 Å². The van der Waals surface area contributed by atoms with E-state index in [0.717, 1.165) is 19.6 Å². The van der Waals surface area contributed by atoms with Crippen molar-refractivity contribution < 1.29 is 14.3 Å². The lowest BCUT2D eigenvalue weighted by molar-refractivity contribution is -0.134. The number of benzene rings is 1. The van der Waals surface area contributed by atoms with Crippen LogP contribution in [0.5, 0.6) is 5.75 Å². The average molecular weight is 328 g/mol. The first kappa shape index (κ1) is 18.3. The average Bonchev–Trinajstić information content (AvgIpc) is 2.48. The monoisotopic (exact) mass is 327 g/mol. The molecule has 6 nitrogen and oxygen atoms in total. The van der Waals surface area contributed by atoms with Crippen LogP contribution in [0.25, 0.3) is 0 Å². The van der Waals surface area contributed by atoms with E-state index in [9.17, 15) is 9.59 Å². The van der Waals surface area contributed by atoms with Gasteiger partial charge in [-0.15, -0.1) is 12.4 Å². The van der Waals surface area contributed by atoms with E-state index in [1.165, 1.54) is 0 Å². The predicted octanol–water partition coefficient (Wildman–Crippen LogP) is 0.796. The van der Waals surface area contributed by atoms with Crippen LogP contribution in [-0.2, 0) is 4.79 Å². The number of amides is 2. The Morgan fingerprint density at radius 2 is 2.23 bits per heavy atom. The number of carbonyl (C=O) groups is 2. The molecule has 1 heterocycles. The van der Waals surface area contributed by atoms with Gasteiger partial charge in [0.05, 0.1) is 13.0 Å². The highest BCUT2D eigenvalue weighted by atomic mass is 35.5. The summed E-state index contributed by atoms with van der Waals surface area (Å²) in [6, 6.07) is 6.87. The fourth-order valence-electron chi connectivity index (χ4n) is 2.35. The lowest BCUT2D eigenvalue weighted by Gasteiger charge is -2.34. The summed E-state index contributed by atoms with van der Waals surface area (Å²) in [5, 5.41) is 3.25. The summed E-state index contributed by atoms with van der Waals surface area (Å²) < 4.78 is 5.52. The second-order valence-corrected chi connectivity index (χ2v) is 5.13. The van der Waals surface area contributed by atoms with Gasteiger partial charge in [-0.1, -0.05) is 6.07 Å². The summed E-state index contributed by atoms with van der Waals surface area (Å²) in [5.74, 6) is 0.147. The van der Waals surface area contributed by atoms with E-state index in [1.54, 1.807) is 24.3 Å². The molecule has 0 radical (unpaired) electrons. The van der Waals surface area contributed by atoms with Crippen LogP contribution in [0.2, 0.25) is 0 Å². The molecule has 7 heteroatoms. The highest BCUT2D eigenvalue weighted by molar-refractivity contribution is 5.93. The van der Waals surface area contributed by atoms with Gasteiger partial charge in [0.1, 0.15) is 5.75 Å². The molecule has 0 bridgehead atoms. The first-order valence-corrected chi connectivity index (χ1v) is 7.11. The third kappa shape index (κ3) is 4.89. The molecule has 122 valence electrons. The minimum atomic E-state index is -0.494. The maximum Gasteiger partial charge on any atom is 0.248 e. The molecule has 0 spiro atoms. The van der Waals surface area contributed by atoms with Gasteiger partial charge in [0, 0.05) is 31.2 Å². The van der Waals surface area contributed by atoms with Crippen molar-refractivity contribution in [1.29, 1.82) is 0 Å². The quantitative estimate of drug-likeness (QED) is 0.837. The van der Waals surface area contributed by atoms with Crippen LogP contribution in [0, 0.1) is 0 Å². The predicted molar refractivity (Wildman–Crippen MR) is 86.4 cm³/mol. The van der Waals surface area contributed by atoms with Crippen molar-refractivity contribution in [2.75, 3.05) is 26.2 Å². The SMILES string of the molecule is C[C@H]1CNCCN1C(=O)CCOc1cccc(C(N)=O)c1.Cl. The van der Waals surface area contributed by atoms with E-state index in [2.05, 4.69) is 5.32 Å². The van der Waals surface area contributed by atoms with Gasteiger partial charge in [-0.25, -0.2) is 0 Å². The summed E-state index contributed by atoms with van der Waals surface area (Å²) >= 11 is 0. The number of rotatable bonds is 5. The number of halogens is 1. The van der Waals surface area contributed by atoms with Gasteiger partial charge in [-0.3, -0.25) is 9.59 Å². The van der Waals surface area contributed by atoms with Gasteiger partial charge < -0.3 is 20.7 Å². The Bertz CT molecular complexity index is 525. The topological polar surface area (TPSA) is 84.7 Å². The van der Waals surface area contributed by atoms with Crippen LogP contribution >= 0.6 is 12.4 Å². The normalized spacial score (nSPS) is 17.5. The van der Waals surface area contributed by atoms with Gasteiger partial charge in [0.15, 0.2) is 0 Å². The second-order valence-electron chi connectivity index (χ2n) is 5.13. The van der Waals surface area contributed by atoms with Crippen LogP contribution < -0.4 is 15.8 Å². The zero-order valence-corrected chi connectivity index (χ0v) is 13.4. The molecule has 1 aromatic carbocycles. The van der Waals surface area contributed by atoms with Crippen molar-refractivity contribution >= 4 is 24.2 Å². The molecule has 1 aromatic rings. The lowest BCUT2D eigenvalue weighted by Crippen LogP contribution is -2.52. The number of nitrogens with zero attached hydrogens (tertiary/aromatic N) is 1. The van der Waals surface area contributed by atoms with E-state index in [1.807, 2.05) is 11.8 Å². The highest BCUT2D eigenvalue weighted by Gasteiger charge is 2.22. The first-order chi connectivity index (χ1) is 10.1. The molecule has 1 atom stereocenters. The van der Waals surface area contributed by atoms with Crippen molar-refractivity contribution in [2.45, 2.75) is 19.4 Å². The summed E-state index contributed by atoms with van der Waals surface area (Å²) in [6.45, 7) is 4.71. The van der Waals surface area contributed by atoms with Crippen molar-refractivity contribution in [2.24, 2.45) is 5.73 Å². The molecule has 22 heavy (non-hydrogen) atoms. The number of piperazine rings is 1. The molecule has 2 amide bonds. The van der Waals surface area contributed by atoms with Gasteiger partial charge in [0.25, 0.3) is 0 Å². The summed E-state index contributed by atoms with van der Waals surface area (Å²) in [7, 11) is 0. The molecule has 1 aliphatic rings. The van der Waals surface area contributed by atoms with Crippen molar-refractivity contribution in [3.05, 3.63) is 29.8 Å². The largest absolute Gasteiger partial charge is 0.493 e. The minimum absolute atomic E-state index is 0. The van der Waals surface area contributed by atoms with Crippen LogP contribution in [0.4, 0.5) is 0 Å². The number of nitrogens with two attached hydrogens (primary N) is 1. The standard InChI is InChI=1S/C15H21N3O3.ClH/c1-11-10-17-6-7-18(11)14(19)5-8-21-13-4-2-3-12(9-13)15(16)20;/h2-4,9,11,17H,5-8,10H2,1H3,(H2,16,20);1H/t11-;/m0./s1. The van der Waals surface area contributed by atoms with Gasteiger partial charge in [-0.05, 0) is 25.1 Å². The third-order valence-corrected chi connectivity index (χ3v) is 3.52. The van der Waals surface area contributed by atoms with Crippen molar-refractivity contribution in [3.8, 4) is 5.75 Å². The Balaban J connectivity index is 0.00000242. The number of nitrogens with one attached hydrogen (secondary N) is 1. The van der Waals surface area contributed by atoms with Crippen LogP contribution in [-0.4, -0.2) is 49.0 Å². The molecule has 0 saturated carbocycles. The molecule has 1 aliphatic heterocycles. The molecule has 0 aliphatic carbocycles. The molecule has 2 rings (SSSR count). The molecule has 0 aromatic heterocycles. The molecule has 0 unspecified atom stereocenters. The lowest BCUT2D eigenvalue weighted by atomic mass is 10.2. The fraction of sp³-hybridized carbons (Fsp3) is 0.467. The van der Waals surface area contributed by atoms with E-state index < -0.39 is 5.91 Å². The van der Waals surface area contributed by atoms with E-state index in [-0.39, 0.29) is 31.0 Å². The highest BCUT2D eigenvalue weighted by Crippen LogP contribution is 2.13.